The van der Waals surface area contributed by atoms with Crippen LogP contribution in [0.2, 0.25) is 0 Å². The van der Waals surface area contributed by atoms with Crippen molar-refractivity contribution in [2.45, 2.75) is 44.1 Å². The van der Waals surface area contributed by atoms with Gasteiger partial charge < -0.3 is 5.11 Å². The van der Waals surface area contributed by atoms with E-state index in [4.69, 9.17) is 0 Å². The van der Waals surface area contributed by atoms with E-state index >= 15 is 0 Å². The zero-order valence-corrected chi connectivity index (χ0v) is 12.3. The molecule has 110 valence electrons. The number of benzene rings is 1. The average Bonchev–Trinajstić information content (AvgIpc) is 2.56. The van der Waals surface area contributed by atoms with Crippen LogP contribution < -0.4 is 0 Å². The average molecular weight is 282 g/mol. The van der Waals surface area contributed by atoms with E-state index in [2.05, 4.69) is 0 Å². The Labute approximate surface area is 126 Å². The molecule has 1 N–H and O–H groups in total. The predicted molar refractivity (Wildman–Crippen MR) is 84.1 cm³/mol. The first-order valence-corrected chi connectivity index (χ1v) is 7.85. The van der Waals surface area contributed by atoms with Gasteiger partial charge in [0.2, 0.25) is 0 Å². The molecule has 2 heteroatoms. The number of ketones is 1. The van der Waals surface area contributed by atoms with Crippen LogP contribution in [-0.4, -0.2) is 16.5 Å². The van der Waals surface area contributed by atoms with Crippen molar-refractivity contribution in [1.29, 1.82) is 0 Å². The smallest absolute Gasteiger partial charge is 0.172 e. The molecule has 2 aliphatic rings. The van der Waals surface area contributed by atoms with Gasteiger partial charge in [0.15, 0.2) is 5.78 Å². The Balaban J connectivity index is 2.03. The summed E-state index contributed by atoms with van der Waals surface area (Å²) in [5, 5.41) is 11.2. The van der Waals surface area contributed by atoms with E-state index < -0.39 is 11.0 Å². The molecule has 0 radical (unpaired) electrons. The number of hydrogen-bond donors (Lipinski definition) is 1. The monoisotopic (exact) mass is 282 g/mol. The van der Waals surface area contributed by atoms with Crippen molar-refractivity contribution >= 4 is 5.78 Å². The fourth-order valence-corrected chi connectivity index (χ4v) is 3.84. The number of rotatable bonds is 3. The molecule has 0 bridgehead atoms. The standard InChI is InChI=1S/C19H22O2/c20-17(16-10-4-1-5-11-16)18(12-6-2-7-13-18)19(21)14-8-3-9-15-19/h1,3-5,8-11,14,21H,2,6-7,12-13,15H2. The minimum atomic E-state index is -1.05. The molecule has 2 nitrogen and oxygen atoms in total. The van der Waals surface area contributed by atoms with Crippen molar-refractivity contribution in [3.63, 3.8) is 0 Å². The normalized spacial score (nSPS) is 27.5. The fourth-order valence-electron chi connectivity index (χ4n) is 3.84. The summed E-state index contributed by atoms with van der Waals surface area (Å²) in [5.74, 6) is 0.102. The van der Waals surface area contributed by atoms with E-state index in [-0.39, 0.29) is 5.78 Å². The summed E-state index contributed by atoms with van der Waals surface area (Å²) < 4.78 is 0. The quantitative estimate of drug-likeness (QED) is 0.849. The van der Waals surface area contributed by atoms with Crippen LogP contribution >= 0.6 is 0 Å². The molecule has 1 atom stereocenters. The zero-order valence-electron chi connectivity index (χ0n) is 12.3. The van der Waals surface area contributed by atoms with Crippen molar-refractivity contribution in [2.75, 3.05) is 0 Å². The van der Waals surface area contributed by atoms with Gasteiger partial charge in [-0.15, -0.1) is 0 Å². The zero-order chi connectivity index (χ0) is 14.8. The van der Waals surface area contributed by atoms with Crippen LogP contribution in [0.5, 0.6) is 0 Å². The van der Waals surface area contributed by atoms with Crippen LogP contribution in [0.4, 0.5) is 0 Å². The lowest BCUT2D eigenvalue weighted by Gasteiger charge is -2.47. The first-order chi connectivity index (χ1) is 10.2. The van der Waals surface area contributed by atoms with Crippen molar-refractivity contribution in [3.8, 4) is 0 Å². The first-order valence-electron chi connectivity index (χ1n) is 7.85. The molecule has 21 heavy (non-hydrogen) atoms. The molecular formula is C19H22O2. The van der Waals surface area contributed by atoms with Crippen LogP contribution in [0.25, 0.3) is 0 Å². The van der Waals surface area contributed by atoms with E-state index in [0.717, 1.165) is 37.7 Å². The van der Waals surface area contributed by atoms with Crippen LogP contribution in [0.15, 0.2) is 54.6 Å². The molecule has 0 heterocycles. The lowest BCUT2D eigenvalue weighted by atomic mass is 9.58. The summed E-state index contributed by atoms with van der Waals surface area (Å²) in [7, 11) is 0. The summed E-state index contributed by atoms with van der Waals surface area (Å²) in [6.45, 7) is 0. The molecule has 1 aromatic carbocycles. The Morgan fingerprint density at radius 2 is 1.71 bits per heavy atom. The number of hydrogen-bond acceptors (Lipinski definition) is 2. The van der Waals surface area contributed by atoms with Gasteiger partial charge in [-0.1, -0.05) is 73.9 Å². The minimum Gasteiger partial charge on any atom is -0.384 e. The molecule has 1 fully saturated rings. The molecule has 0 amide bonds. The van der Waals surface area contributed by atoms with E-state index in [0.29, 0.717) is 6.42 Å². The number of allylic oxidation sites excluding steroid dienone is 2. The second kappa shape index (κ2) is 5.61. The maximum atomic E-state index is 13.2. The number of carbonyl (C=O) groups excluding carboxylic acids is 1. The molecule has 0 saturated heterocycles. The van der Waals surface area contributed by atoms with E-state index in [9.17, 15) is 9.90 Å². The second-order valence-corrected chi connectivity index (χ2v) is 6.25. The van der Waals surface area contributed by atoms with Gasteiger partial charge in [0.25, 0.3) is 0 Å². The summed E-state index contributed by atoms with van der Waals surface area (Å²) in [6, 6.07) is 9.44. The van der Waals surface area contributed by atoms with Gasteiger partial charge in [-0.3, -0.25) is 4.79 Å². The van der Waals surface area contributed by atoms with E-state index in [1.807, 2.05) is 54.6 Å². The number of Topliss-reactive ketones (excluding diaryl/α,β-unsaturated/α-hetero) is 1. The molecule has 1 aromatic rings. The second-order valence-electron chi connectivity index (χ2n) is 6.25. The largest absolute Gasteiger partial charge is 0.384 e. The number of carbonyl (C=O) groups is 1. The third-order valence-electron chi connectivity index (χ3n) is 5.05. The molecule has 0 aromatic heterocycles. The molecule has 1 saturated carbocycles. The third-order valence-corrected chi connectivity index (χ3v) is 5.05. The first kappa shape index (κ1) is 14.3. The van der Waals surface area contributed by atoms with E-state index in [1.54, 1.807) is 0 Å². The van der Waals surface area contributed by atoms with Gasteiger partial charge in [-0.05, 0) is 19.3 Å². The summed E-state index contributed by atoms with van der Waals surface area (Å²) in [4.78, 5) is 13.2. The minimum absolute atomic E-state index is 0.102. The SMILES string of the molecule is O=C(c1ccccc1)C1(C2(O)C=CC=CC2)CCCCC1. The lowest BCUT2D eigenvalue weighted by molar-refractivity contribution is -0.0456. The Morgan fingerprint density at radius 3 is 2.33 bits per heavy atom. The Bertz CT molecular complexity index is 564. The predicted octanol–water partition coefficient (Wildman–Crippen LogP) is 4.07. The third kappa shape index (κ3) is 2.38. The van der Waals surface area contributed by atoms with Crippen molar-refractivity contribution in [1.82, 2.24) is 0 Å². The van der Waals surface area contributed by atoms with Gasteiger partial charge in [0.05, 0.1) is 11.0 Å². The number of aliphatic hydroxyl groups is 1. The highest BCUT2D eigenvalue weighted by atomic mass is 16.3. The van der Waals surface area contributed by atoms with Crippen LogP contribution in [0.1, 0.15) is 48.9 Å². The molecule has 2 aliphatic carbocycles. The van der Waals surface area contributed by atoms with Gasteiger partial charge in [-0.2, -0.15) is 0 Å². The highest BCUT2D eigenvalue weighted by Gasteiger charge is 2.53. The topological polar surface area (TPSA) is 37.3 Å². The molecule has 0 spiro atoms. The van der Waals surface area contributed by atoms with E-state index in [1.165, 1.54) is 0 Å². The summed E-state index contributed by atoms with van der Waals surface area (Å²) in [5.41, 5.74) is -1.00. The van der Waals surface area contributed by atoms with Crippen molar-refractivity contribution in [3.05, 3.63) is 60.2 Å². The summed E-state index contributed by atoms with van der Waals surface area (Å²) >= 11 is 0. The Kier molecular flexibility index (Phi) is 3.81. The van der Waals surface area contributed by atoms with Crippen LogP contribution in [0, 0.1) is 5.41 Å². The van der Waals surface area contributed by atoms with Crippen molar-refractivity contribution < 1.29 is 9.90 Å². The highest BCUT2D eigenvalue weighted by Crippen LogP contribution is 2.50. The maximum Gasteiger partial charge on any atom is 0.172 e. The molecule has 0 aliphatic heterocycles. The van der Waals surface area contributed by atoms with Crippen LogP contribution in [-0.2, 0) is 0 Å². The Morgan fingerprint density at radius 1 is 1.00 bits per heavy atom. The molecule has 1 unspecified atom stereocenters. The van der Waals surface area contributed by atoms with Gasteiger partial charge >= 0.3 is 0 Å². The fraction of sp³-hybridized carbons (Fsp3) is 0.421. The lowest BCUT2D eigenvalue weighted by Crippen LogP contribution is -2.53. The van der Waals surface area contributed by atoms with Gasteiger partial charge in [-0.25, -0.2) is 0 Å². The molecule has 3 rings (SSSR count). The van der Waals surface area contributed by atoms with Gasteiger partial charge in [0, 0.05) is 5.56 Å². The highest BCUT2D eigenvalue weighted by molar-refractivity contribution is 6.01. The molecular weight excluding hydrogens is 260 g/mol. The Hall–Kier alpha value is -1.67. The summed E-state index contributed by atoms with van der Waals surface area (Å²) in [6.07, 6.45) is 12.9. The van der Waals surface area contributed by atoms with Crippen molar-refractivity contribution in [2.24, 2.45) is 5.41 Å². The van der Waals surface area contributed by atoms with Gasteiger partial charge in [0.1, 0.15) is 0 Å². The maximum absolute atomic E-state index is 13.2. The van der Waals surface area contributed by atoms with Crippen LogP contribution in [0.3, 0.4) is 0 Å².